The SMILES string of the molecule is O=C(O)Cc1cccc2c(=O)cc(-c3ccccc3F)oc12. The molecule has 0 saturated carbocycles. The third-order valence-corrected chi connectivity index (χ3v) is 3.32. The smallest absolute Gasteiger partial charge is 0.307 e. The van der Waals surface area contributed by atoms with E-state index in [9.17, 15) is 14.0 Å². The van der Waals surface area contributed by atoms with Crippen LogP contribution in [-0.4, -0.2) is 11.1 Å². The van der Waals surface area contributed by atoms with Crippen molar-refractivity contribution in [2.75, 3.05) is 0 Å². The molecule has 3 rings (SSSR count). The summed E-state index contributed by atoms with van der Waals surface area (Å²) < 4.78 is 19.5. The molecule has 3 aromatic rings. The van der Waals surface area contributed by atoms with Gasteiger partial charge < -0.3 is 9.52 Å². The molecule has 0 aliphatic heterocycles. The van der Waals surface area contributed by atoms with Gasteiger partial charge in [-0.05, 0) is 18.2 Å². The number of fused-ring (bicyclic) bond motifs is 1. The zero-order valence-corrected chi connectivity index (χ0v) is 11.4. The van der Waals surface area contributed by atoms with Gasteiger partial charge in [-0.15, -0.1) is 0 Å². The zero-order valence-electron chi connectivity index (χ0n) is 11.4. The fourth-order valence-electron chi connectivity index (χ4n) is 2.33. The van der Waals surface area contributed by atoms with E-state index in [1.807, 2.05) is 0 Å². The van der Waals surface area contributed by atoms with Crippen LogP contribution in [0.5, 0.6) is 0 Å². The fourth-order valence-corrected chi connectivity index (χ4v) is 2.33. The molecule has 2 aromatic carbocycles. The molecule has 1 aromatic heterocycles. The molecule has 0 atom stereocenters. The van der Waals surface area contributed by atoms with E-state index in [2.05, 4.69) is 0 Å². The molecule has 0 fully saturated rings. The molecule has 0 bridgehead atoms. The number of para-hydroxylation sites is 1. The first kappa shape index (κ1) is 14.0. The minimum atomic E-state index is -1.04. The Labute approximate surface area is 124 Å². The molecule has 5 heteroatoms. The molecule has 1 N–H and O–H groups in total. The normalized spacial score (nSPS) is 10.8. The van der Waals surface area contributed by atoms with Crippen LogP contribution in [0.2, 0.25) is 0 Å². The van der Waals surface area contributed by atoms with E-state index in [-0.39, 0.29) is 34.1 Å². The number of hydrogen-bond acceptors (Lipinski definition) is 3. The predicted octanol–water partition coefficient (Wildman–Crippen LogP) is 3.23. The Morgan fingerprint density at radius 2 is 1.91 bits per heavy atom. The van der Waals surface area contributed by atoms with Crippen LogP contribution in [0.3, 0.4) is 0 Å². The Hall–Kier alpha value is -2.95. The van der Waals surface area contributed by atoms with Gasteiger partial charge in [-0.2, -0.15) is 0 Å². The zero-order chi connectivity index (χ0) is 15.7. The maximum atomic E-state index is 13.9. The molecule has 0 aliphatic carbocycles. The first-order chi connectivity index (χ1) is 10.6. The largest absolute Gasteiger partial charge is 0.481 e. The molecule has 110 valence electrons. The molecule has 22 heavy (non-hydrogen) atoms. The molecule has 1 heterocycles. The van der Waals surface area contributed by atoms with Crippen molar-refractivity contribution in [3.63, 3.8) is 0 Å². The van der Waals surface area contributed by atoms with Gasteiger partial charge in [-0.3, -0.25) is 9.59 Å². The van der Waals surface area contributed by atoms with Gasteiger partial charge in [0.05, 0.1) is 17.4 Å². The first-order valence-electron chi connectivity index (χ1n) is 6.58. The molecule has 0 amide bonds. The average Bonchev–Trinajstić information content (AvgIpc) is 2.48. The number of aliphatic carboxylic acids is 1. The molecular weight excluding hydrogens is 287 g/mol. The van der Waals surface area contributed by atoms with Crippen molar-refractivity contribution in [3.05, 3.63) is 70.1 Å². The first-order valence-corrected chi connectivity index (χ1v) is 6.58. The fraction of sp³-hybridized carbons (Fsp3) is 0.0588. The van der Waals surface area contributed by atoms with E-state index in [1.54, 1.807) is 24.3 Å². The van der Waals surface area contributed by atoms with Crippen molar-refractivity contribution in [2.24, 2.45) is 0 Å². The predicted molar refractivity (Wildman–Crippen MR) is 79.2 cm³/mol. The van der Waals surface area contributed by atoms with Crippen molar-refractivity contribution >= 4 is 16.9 Å². The van der Waals surface area contributed by atoms with Crippen molar-refractivity contribution in [2.45, 2.75) is 6.42 Å². The highest BCUT2D eigenvalue weighted by atomic mass is 19.1. The van der Waals surface area contributed by atoms with E-state index in [0.29, 0.717) is 5.56 Å². The van der Waals surface area contributed by atoms with Gasteiger partial charge in [0.1, 0.15) is 17.2 Å². The molecular formula is C17H11FO4. The van der Waals surface area contributed by atoms with Crippen LogP contribution in [-0.2, 0) is 11.2 Å². The summed E-state index contributed by atoms with van der Waals surface area (Å²) in [5.41, 5.74) is 0.370. The summed E-state index contributed by atoms with van der Waals surface area (Å²) in [5.74, 6) is -1.47. The summed E-state index contributed by atoms with van der Waals surface area (Å²) in [6, 6.07) is 11.9. The van der Waals surface area contributed by atoms with Crippen LogP contribution in [0.1, 0.15) is 5.56 Å². The highest BCUT2D eigenvalue weighted by Crippen LogP contribution is 2.26. The van der Waals surface area contributed by atoms with Crippen LogP contribution >= 0.6 is 0 Å². The van der Waals surface area contributed by atoms with E-state index in [1.165, 1.54) is 24.3 Å². The number of carboxylic acid groups (broad SMARTS) is 1. The van der Waals surface area contributed by atoms with Gasteiger partial charge in [0, 0.05) is 11.6 Å². The van der Waals surface area contributed by atoms with Gasteiger partial charge in [0.15, 0.2) is 5.43 Å². The molecule has 4 nitrogen and oxygen atoms in total. The van der Waals surface area contributed by atoms with E-state index in [4.69, 9.17) is 9.52 Å². The minimum Gasteiger partial charge on any atom is -0.481 e. The third kappa shape index (κ3) is 2.48. The van der Waals surface area contributed by atoms with Gasteiger partial charge in [0.2, 0.25) is 0 Å². The van der Waals surface area contributed by atoms with Crippen LogP contribution in [0.15, 0.2) is 57.7 Å². The van der Waals surface area contributed by atoms with Gasteiger partial charge in [-0.25, -0.2) is 4.39 Å². The topological polar surface area (TPSA) is 67.5 Å². The second kappa shape index (κ2) is 5.44. The Balaban J connectivity index is 2.29. The van der Waals surface area contributed by atoms with E-state index >= 15 is 0 Å². The maximum absolute atomic E-state index is 13.9. The molecule has 0 unspecified atom stereocenters. The van der Waals surface area contributed by atoms with E-state index < -0.39 is 11.8 Å². The Morgan fingerprint density at radius 1 is 1.14 bits per heavy atom. The van der Waals surface area contributed by atoms with E-state index in [0.717, 1.165) is 0 Å². The molecule has 0 radical (unpaired) electrons. The van der Waals surface area contributed by atoms with Gasteiger partial charge in [0.25, 0.3) is 0 Å². The Kier molecular flexibility index (Phi) is 3.47. The van der Waals surface area contributed by atoms with Crippen LogP contribution < -0.4 is 5.43 Å². The lowest BCUT2D eigenvalue weighted by atomic mass is 10.1. The van der Waals surface area contributed by atoms with Gasteiger partial charge in [-0.1, -0.05) is 24.3 Å². The Bertz CT molecular complexity index is 927. The average molecular weight is 298 g/mol. The monoisotopic (exact) mass is 298 g/mol. The van der Waals surface area contributed by atoms with Crippen LogP contribution in [0.25, 0.3) is 22.3 Å². The number of rotatable bonds is 3. The summed E-state index contributed by atoms with van der Waals surface area (Å²) in [7, 11) is 0. The Morgan fingerprint density at radius 3 is 2.64 bits per heavy atom. The summed E-state index contributed by atoms with van der Waals surface area (Å²) in [5, 5.41) is 9.22. The number of halogens is 1. The molecule has 0 aliphatic rings. The number of hydrogen-bond donors (Lipinski definition) is 1. The van der Waals surface area contributed by atoms with Crippen molar-refractivity contribution in [1.29, 1.82) is 0 Å². The lowest BCUT2D eigenvalue weighted by molar-refractivity contribution is -0.136. The van der Waals surface area contributed by atoms with Gasteiger partial charge >= 0.3 is 5.97 Å². The van der Waals surface area contributed by atoms with Crippen molar-refractivity contribution < 1.29 is 18.7 Å². The summed E-state index contributed by atoms with van der Waals surface area (Å²) in [6.07, 6.45) is -0.277. The summed E-state index contributed by atoms with van der Waals surface area (Å²) in [6.45, 7) is 0. The number of carbonyl (C=O) groups is 1. The lowest BCUT2D eigenvalue weighted by Gasteiger charge is -2.07. The molecule has 0 saturated heterocycles. The highest BCUT2D eigenvalue weighted by molar-refractivity contribution is 5.85. The van der Waals surface area contributed by atoms with Crippen molar-refractivity contribution in [3.8, 4) is 11.3 Å². The minimum absolute atomic E-state index is 0.0773. The van der Waals surface area contributed by atoms with Crippen molar-refractivity contribution in [1.82, 2.24) is 0 Å². The quantitative estimate of drug-likeness (QED) is 0.806. The highest BCUT2D eigenvalue weighted by Gasteiger charge is 2.14. The lowest BCUT2D eigenvalue weighted by Crippen LogP contribution is -2.05. The third-order valence-electron chi connectivity index (χ3n) is 3.32. The second-order valence-corrected chi connectivity index (χ2v) is 4.82. The van der Waals surface area contributed by atoms with Crippen LogP contribution in [0, 0.1) is 5.82 Å². The second-order valence-electron chi connectivity index (χ2n) is 4.82. The standard InChI is InChI=1S/C17H11FO4/c18-13-7-2-1-5-11(13)15-9-14(19)12-6-3-4-10(8-16(20)21)17(12)22-15/h1-7,9H,8H2,(H,20,21). The number of carboxylic acids is 1. The summed E-state index contributed by atoms with van der Waals surface area (Å²) in [4.78, 5) is 23.1. The summed E-state index contributed by atoms with van der Waals surface area (Å²) >= 11 is 0. The van der Waals surface area contributed by atoms with Crippen LogP contribution in [0.4, 0.5) is 4.39 Å². The molecule has 0 spiro atoms. The number of benzene rings is 2. The maximum Gasteiger partial charge on any atom is 0.307 e.